The zero-order chi connectivity index (χ0) is 47.9. The van der Waals surface area contributed by atoms with Gasteiger partial charge in [0.15, 0.2) is 11.5 Å². The fourth-order valence-electron chi connectivity index (χ4n) is 7.17. The molecule has 0 aliphatic carbocycles. The van der Waals surface area contributed by atoms with Gasteiger partial charge in [0.2, 0.25) is 17.7 Å². The summed E-state index contributed by atoms with van der Waals surface area (Å²) in [6.45, 7) is 7.02. The lowest BCUT2D eigenvalue weighted by molar-refractivity contribution is -0.144. The maximum Gasteiger partial charge on any atom is 0.420 e. The average Bonchev–Trinajstić information content (AvgIpc) is 3.96. The van der Waals surface area contributed by atoms with Gasteiger partial charge >= 0.3 is 6.18 Å². The lowest BCUT2D eigenvalue weighted by Crippen LogP contribution is -2.57. The third kappa shape index (κ3) is 11.9. The van der Waals surface area contributed by atoms with Gasteiger partial charge in [-0.15, -0.1) is 11.3 Å². The Labute approximate surface area is 386 Å². The molecule has 5 amide bonds. The molecule has 0 bridgehead atoms. The number of imide groups is 1. The summed E-state index contributed by atoms with van der Waals surface area (Å²) in [5.41, 5.74) is 2.83. The van der Waals surface area contributed by atoms with Crippen molar-refractivity contribution in [3.05, 3.63) is 99.0 Å². The smallest absolute Gasteiger partial charge is 0.420 e. The molecule has 2 aliphatic rings. The lowest BCUT2D eigenvalue weighted by atomic mass is 9.85. The van der Waals surface area contributed by atoms with Gasteiger partial charge < -0.3 is 34.9 Å². The quantitative estimate of drug-likeness (QED) is 0.0764. The number of aliphatic hydroxyl groups is 1. The molecule has 15 nitrogen and oxygen atoms in total. The van der Waals surface area contributed by atoms with Gasteiger partial charge in [-0.05, 0) is 77.2 Å². The van der Waals surface area contributed by atoms with Crippen molar-refractivity contribution in [3.8, 4) is 33.8 Å². The van der Waals surface area contributed by atoms with Gasteiger partial charge in [-0.1, -0.05) is 51.1 Å². The number of aryl methyl sites for hydroxylation is 1. The number of alkyl halides is 3. The first kappa shape index (κ1) is 49.2. The molecule has 0 unspecified atom stereocenters. The van der Waals surface area contributed by atoms with E-state index in [4.69, 9.17) is 19.5 Å². The van der Waals surface area contributed by atoms with E-state index in [1.54, 1.807) is 43.7 Å². The fourth-order valence-corrected chi connectivity index (χ4v) is 8.84. The highest BCUT2D eigenvalue weighted by Crippen LogP contribution is 2.42. The number of likely N-dealkylation sites (tertiary alicyclic amines) is 1. The molecule has 0 saturated carbocycles. The summed E-state index contributed by atoms with van der Waals surface area (Å²) in [6.07, 6.45) is -4.45. The van der Waals surface area contributed by atoms with Crippen molar-refractivity contribution in [2.24, 2.45) is 5.41 Å². The lowest BCUT2D eigenvalue weighted by Gasteiger charge is -2.35. The van der Waals surface area contributed by atoms with Crippen molar-refractivity contribution in [2.45, 2.75) is 71.4 Å². The van der Waals surface area contributed by atoms with Crippen LogP contribution in [0.2, 0.25) is 0 Å². The molecular weight excluding hydrogens is 902 g/mol. The topological polar surface area (TPSA) is 200 Å². The highest BCUT2D eigenvalue weighted by atomic mass is 32.2. The van der Waals surface area contributed by atoms with E-state index in [0.29, 0.717) is 23.4 Å². The van der Waals surface area contributed by atoms with E-state index in [1.165, 1.54) is 42.4 Å². The number of rotatable bonds is 16. The summed E-state index contributed by atoms with van der Waals surface area (Å²) >= 11 is 2.22. The molecule has 2 saturated heterocycles. The molecule has 3 aromatic carbocycles. The van der Waals surface area contributed by atoms with Crippen LogP contribution in [0.5, 0.6) is 17.2 Å². The van der Waals surface area contributed by atoms with Gasteiger partial charge in [-0.25, -0.2) is 4.98 Å². The fraction of sp³-hybridized carbons (Fsp3) is 0.370. The number of nitrogens with zero attached hydrogens (tertiary/aromatic N) is 4. The van der Waals surface area contributed by atoms with E-state index in [9.17, 15) is 42.3 Å². The molecular formula is C46H47F3N6O9S2. The van der Waals surface area contributed by atoms with E-state index >= 15 is 0 Å². The highest BCUT2D eigenvalue weighted by molar-refractivity contribution is 8.18. The predicted molar refractivity (Wildman–Crippen MR) is 239 cm³/mol. The number of hydrogen-bond donors (Lipinski definition) is 3. The number of carbonyl (C=O) groups is 5. The number of halogens is 3. The summed E-state index contributed by atoms with van der Waals surface area (Å²) in [7, 11) is 1.28. The molecule has 6 rings (SSSR count). The van der Waals surface area contributed by atoms with E-state index in [1.807, 2.05) is 31.2 Å². The number of nitriles is 1. The summed E-state index contributed by atoms with van der Waals surface area (Å²) in [4.78, 5) is 74.3. The Morgan fingerprint density at radius 2 is 1.76 bits per heavy atom. The number of thioether (sulfide) groups is 1. The number of methoxy groups -OCH3 is 1. The van der Waals surface area contributed by atoms with Gasteiger partial charge in [0.1, 0.15) is 17.8 Å². The van der Waals surface area contributed by atoms with Crippen LogP contribution in [0.1, 0.15) is 61.6 Å². The van der Waals surface area contributed by atoms with Gasteiger partial charge in [0.25, 0.3) is 11.1 Å². The number of thiazole rings is 1. The zero-order valence-corrected chi connectivity index (χ0v) is 38.2. The van der Waals surface area contributed by atoms with Crippen LogP contribution in [0.25, 0.3) is 16.5 Å². The van der Waals surface area contributed by atoms with Crippen LogP contribution in [0.15, 0.2) is 71.1 Å². The van der Waals surface area contributed by atoms with Crippen molar-refractivity contribution in [1.29, 1.82) is 5.26 Å². The first-order valence-corrected chi connectivity index (χ1v) is 22.3. The molecule has 1 aromatic heterocycles. The Morgan fingerprint density at radius 1 is 1.03 bits per heavy atom. The molecule has 20 heteroatoms. The molecule has 348 valence electrons. The van der Waals surface area contributed by atoms with Crippen molar-refractivity contribution < 1.29 is 56.5 Å². The first-order valence-electron chi connectivity index (χ1n) is 20.6. The largest absolute Gasteiger partial charge is 0.493 e. The third-order valence-corrected chi connectivity index (χ3v) is 12.5. The van der Waals surface area contributed by atoms with Crippen LogP contribution >= 0.6 is 23.1 Å². The molecule has 0 radical (unpaired) electrons. The standard InChI is InChI=1S/C46H47F3N6O9S2/c1-26-39(65-25-52-26)30-10-6-27(7-11-30)23-51-41(58)33-21-31(56)24-55(33)43(60)40(45(2,3)4)53-38(57)14-16-63-17-15-54-42(59)37(66-44(54)61)20-28-8-13-35(36(19-28)62-5)64-34-12-9-29(22-50)18-32(34)46(47,48)49/h6-13,18-20,25,31,33,40,56H,14-17,21,23-24H2,1-5H3,(H,51,58)(H,53,57)/b37-20+/t31-,33+,40-/m1/s1. The zero-order valence-electron chi connectivity index (χ0n) is 36.6. The Kier molecular flexibility index (Phi) is 15.6. The number of aliphatic hydroxyl groups excluding tert-OH is 1. The Morgan fingerprint density at radius 3 is 2.41 bits per heavy atom. The van der Waals surface area contributed by atoms with Crippen LogP contribution in [0, 0.1) is 23.7 Å². The van der Waals surface area contributed by atoms with Gasteiger partial charge in [-0.2, -0.15) is 18.4 Å². The summed E-state index contributed by atoms with van der Waals surface area (Å²) in [5.74, 6) is -2.65. The van der Waals surface area contributed by atoms with Crippen molar-refractivity contribution >= 4 is 58.0 Å². The monoisotopic (exact) mass is 948 g/mol. The number of carbonyl (C=O) groups excluding carboxylic acids is 5. The van der Waals surface area contributed by atoms with Crippen molar-refractivity contribution in [1.82, 2.24) is 25.4 Å². The molecule has 2 aliphatic heterocycles. The van der Waals surface area contributed by atoms with Crippen molar-refractivity contribution in [3.63, 3.8) is 0 Å². The predicted octanol–water partition coefficient (Wildman–Crippen LogP) is 7.06. The van der Waals surface area contributed by atoms with Gasteiger partial charge in [0.05, 0.1) is 71.2 Å². The SMILES string of the molecule is COc1cc(/C=C2/SC(=O)N(CCOCCC(=O)N[C@H](C(=O)N3C[C@H](O)C[C@H]3C(=O)NCc3ccc(-c4scnc4C)cc3)C(C)(C)C)C2=O)ccc1Oc1ccc(C#N)cc1C(F)(F)F. The van der Waals surface area contributed by atoms with Gasteiger partial charge in [0, 0.05) is 25.9 Å². The minimum Gasteiger partial charge on any atom is -0.493 e. The highest BCUT2D eigenvalue weighted by Gasteiger charge is 2.44. The second-order valence-corrected chi connectivity index (χ2v) is 18.3. The van der Waals surface area contributed by atoms with E-state index in [-0.39, 0.29) is 67.7 Å². The Balaban J connectivity index is 0.982. The van der Waals surface area contributed by atoms with E-state index < -0.39 is 70.0 Å². The molecule has 3 N–H and O–H groups in total. The number of ether oxygens (including phenoxy) is 3. The van der Waals surface area contributed by atoms with Crippen molar-refractivity contribution in [2.75, 3.05) is 33.4 Å². The second-order valence-electron chi connectivity index (χ2n) is 16.5. The second kappa shape index (κ2) is 20.9. The molecule has 4 aromatic rings. The number of amides is 5. The minimum atomic E-state index is -4.80. The summed E-state index contributed by atoms with van der Waals surface area (Å²) in [5, 5.41) is 24.7. The molecule has 66 heavy (non-hydrogen) atoms. The maximum absolute atomic E-state index is 14.0. The number of nitrogens with one attached hydrogen (secondary N) is 2. The number of benzene rings is 3. The van der Waals surface area contributed by atoms with E-state index in [2.05, 4.69) is 15.6 Å². The van der Waals surface area contributed by atoms with Crippen LogP contribution in [0.4, 0.5) is 18.0 Å². The van der Waals surface area contributed by atoms with Crippen LogP contribution in [0.3, 0.4) is 0 Å². The average molecular weight is 949 g/mol. The van der Waals surface area contributed by atoms with Crippen LogP contribution < -0.4 is 20.1 Å². The molecule has 2 fully saturated rings. The third-order valence-electron chi connectivity index (χ3n) is 10.6. The number of aromatic nitrogens is 1. The van der Waals surface area contributed by atoms with Gasteiger partial charge in [-0.3, -0.25) is 28.9 Å². The first-order chi connectivity index (χ1) is 31.3. The number of hydrogen-bond acceptors (Lipinski definition) is 13. The molecule has 3 heterocycles. The maximum atomic E-state index is 14.0. The Bertz CT molecular complexity index is 2550. The number of β-amino-alcohol motifs (C(OH)–C–C–N with tert-alkyl or cyclic N) is 1. The minimum absolute atomic E-state index is 0.0362. The van der Waals surface area contributed by atoms with E-state index in [0.717, 1.165) is 32.7 Å². The molecule has 0 spiro atoms. The normalized spacial score (nSPS) is 17.5. The summed E-state index contributed by atoms with van der Waals surface area (Å²) in [6, 6.07) is 14.5. The van der Waals surface area contributed by atoms with Crippen LogP contribution in [-0.4, -0.2) is 100 Å². The molecule has 3 atom stereocenters. The Hall–Kier alpha value is -6.27. The summed E-state index contributed by atoms with van der Waals surface area (Å²) < 4.78 is 57.6. The van der Waals surface area contributed by atoms with Crippen LogP contribution in [-0.2, 0) is 36.6 Å².